The van der Waals surface area contributed by atoms with Gasteiger partial charge in [0.1, 0.15) is 0 Å². The number of rotatable bonds is 3. The molecule has 0 aromatic carbocycles. The monoisotopic (exact) mass is 267 g/mol. The fourth-order valence-electron chi connectivity index (χ4n) is 1.55. The molecule has 1 aliphatic rings. The highest BCUT2D eigenvalue weighted by molar-refractivity contribution is 8.18. The summed E-state index contributed by atoms with van der Waals surface area (Å²) in [6.45, 7) is 3.86. The molecule has 2 rings (SSSR count). The molecule has 2 amide bonds. The second-order valence-corrected chi connectivity index (χ2v) is 5.64. The van der Waals surface area contributed by atoms with E-state index in [0.29, 0.717) is 4.91 Å². The molecule has 0 unspecified atom stereocenters. The number of carbonyl (C=O) groups is 2. The summed E-state index contributed by atoms with van der Waals surface area (Å²) < 4.78 is 0. The van der Waals surface area contributed by atoms with Crippen molar-refractivity contribution in [2.45, 2.75) is 26.3 Å². The van der Waals surface area contributed by atoms with Gasteiger partial charge in [0.05, 0.1) is 4.91 Å². The van der Waals surface area contributed by atoms with E-state index in [1.165, 1.54) is 4.90 Å². The normalized spacial score (nSPS) is 20.4. The van der Waals surface area contributed by atoms with Crippen LogP contribution in [0.25, 0.3) is 6.08 Å². The third kappa shape index (κ3) is 2.45. The Morgan fingerprint density at radius 1 is 1.47 bits per heavy atom. The summed E-state index contributed by atoms with van der Waals surface area (Å²) >= 11 is 2.60. The summed E-state index contributed by atoms with van der Waals surface area (Å²) in [5, 5.41) is 3.74. The SMILES string of the molecule is CC[C@H](C)N1C(=O)S/C(=C/c2ccsc2)C1=O. The van der Waals surface area contributed by atoms with Crippen LogP contribution in [0.3, 0.4) is 0 Å². The Labute approximate surface area is 109 Å². The highest BCUT2D eigenvalue weighted by atomic mass is 32.2. The highest BCUT2D eigenvalue weighted by Gasteiger charge is 2.37. The van der Waals surface area contributed by atoms with E-state index < -0.39 is 0 Å². The lowest BCUT2D eigenvalue weighted by Gasteiger charge is -2.19. The molecule has 1 aromatic heterocycles. The molecule has 17 heavy (non-hydrogen) atoms. The first kappa shape index (κ1) is 12.4. The van der Waals surface area contributed by atoms with E-state index in [4.69, 9.17) is 0 Å². The van der Waals surface area contributed by atoms with Gasteiger partial charge in [0, 0.05) is 6.04 Å². The van der Waals surface area contributed by atoms with E-state index in [1.54, 1.807) is 17.4 Å². The first-order valence-corrected chi connectivity index (χ1v) is 7.18. The Morgan fingerprint density at radius 3 is 2.82 bits per heavy atom. The Bertz CT molecular complexity index is 465. The van der Waals surface area contributed by atoms with E-state index in [-0.39, 0.29) is 17.2 Å². The first-order chi connectivity index (χ1) is 8.13. The summed E-state index contributed by atoms with van der Waals surface area (Å²) in [4.78, 5) is 25.7. The van der Waals surface area contributed by atoms with Crippen molar-refractivity contribution in [3.8, 4) is 0 Å². The maximum Gasteiger partial charge on any atom is 0.293 e. The zero-order chi connectivity index (χ0) is 12.4. The Hall–Kier alpha value is -1.07. The van der Waals surface area contributed by atoms with Crippen molar-refractivity contribution in [2.75, 3.05) is 0 Å². The van der Waals surface area contributed by atoms with E-state index >= 15 is 0 Å². The highest BCUT2D eigenvalue weighted by Crippen LogP contribution is 2.34. The molecule has 0 aliphatic carbocycles. The predicted molar refractivity (Wildman–Crippen MR) is 71.9 cm³/mol. The largest absolute Gasteiger partial charge is 0.293 e. The van der Waals surface area contributed by atoms with E-state index in [9.17, 15) is 9.59 Å². The molecule has 0 spiro atoms. The molecule has 3 nitrogen and oxygen atoms in total. The Morgan fingerprint density at radius 2 is 2.24 bits per heavy atom. The molecule has 0 radical (unpaired) electrons. The third-order valence-corrected chi connectivity index (χ3v) is 4.28. The van der Waals surface area contributed by atoms with Crippen molar-refractivity contribution >= 4 is 40.3 Å². The first-order valence-electron chi connectivity index (χ1n) is 5.42. The number of carbonyl (C=O) groups excluding carboxylic acids is 2. The number of amides is 2. The van der Waals surface area contributed by atoms with Gasteiger partial charge in [0.25, 0.3) is 11.1 Å². The average Bonchev–Trinajstić information content (AvgIpc) is 2.89. The van der Waals surface area contributed by atoms with Gasteiger partial charge in [0.2, 0.25) is 0 Å². The van der Waals surface area contributed by atoms with Crippen molar-refractivity contribution in [3.05, 3.63) is 27.3 Å². The van der Waals surface area contributed by atoms with Crippen LogP contribution < -0.4 is 0 Å². The minimum absolute atomic E-state index is 0.0316. The standard InChI is InChI=1S/C12H13NO2S2/c1-3-8(2)13-11(14)10(17-12(13)15)6-9-4-5-16-7-9/h4-8H,3H2,1-2H3/b10-6+/t8-/m0/s1. The minimum atomic E-state index is -0.166. The third-order valence-electron chi connectivity index (χ3n) is 2.70. The van der Waals surface area contributed by atoms with Crippen LogP contribution in [0.4, 0.5) is 4.79 Å². The predicted octanol–water partition coefficient (Wildman–Crippen LogP) is 3.58. The van der Waals surface area contributed by atoms with Gasteiger partial charge in [-0.2, -0.15) is 11.3 Å². The fourth-order valence-corrected chi connectivity index (χ4v) is 3.10. The topological polar surface area (TPSA) is 37.4 Å². The lowest BCUT2D eigenvalue weighted by molar-refractivity contribution is -0.124. The summed E-state index contributed by atoms with van der Waals surface area (Å²) in [6, 6.07) is 1.90. The number of hydrogen-bond donors (Lipinski definition) is 0. The molecule has 1 aromatic rings. The lowest BCUT2D eigenvalue weighted by Crippen LogP contribution is -2.36. The molecule has 1 aliphatic heterocycles. The summed E-state index contributed by atoms with van der Waals surface area (Å²) in [5.41, 5.74) is 0.977. The van der Waals surface area contributed by atoms with Gasteiger partial charge in [-0.15, -0.1) is 0 Å². The van der Waals surface area contributed by atoms with Crippen LogP contribution in [0.1, 0.15) is 25.8 Å². The van der Waals surface area contributed by atoms with E-state index in [0.717, 1.165) is 23.7 Å². The van der Waals surface area contributed by atoms with Crippen LogP contribution in [0, 0.1) is 0 Å². The number of imide groups is 1. The fraction of sp³-hybridized carbons (Fsp3) is 0.333. The maximum absolute atomic E-state index is 12.1. The maximum atomic E-state index is 12.1. The van der Waals surface area contributed by atoms with Crippen molar-refractivity contribution in [1.82, 2.24) is 4.90 Å². The molecule has 1 fully saturated rings. The van der Waals surface area contributed by atoms with Crippen LogP contribution in [0.15, 0.2) is 21.7 Å². The van der Waals surface area contributed by atoms with Gasteiger partial charge in [-0.1, -0.05) is 6.92 Å². The quantitative estimate of drug-likeness (QED) is 0.785. The van der Waals surface area contributed by atoms with Gasteiger partial charge < -0.3 is 0 Å². The molecule has 90 valence electrons. The molecule has 5 heteroatoms. The minimum Gasteiger partial charge on any atom is -0.268 e. The van der Waals surface area contributed by atoms with Gasteiger partial charge in [-0.3, -0.25) is 14.5 Å². The molecule has 0 N–H and O–H groups in total. The van der Waals surface area contributed by atoms with Crippen molar-refractivity contribution in [1.29, 1.82) is 0 Å². The van der Waals surface area contributed by atoms with Gasteiger partial charge in [-0.25, -0.2) is 0 Å². The van der Waals surface area contributed by atoms with E-state index in [1.807, 2.05) is 30.7 Å². The summed E-state index contributed by atoms with van der Waals surface area (Å²) in [5.74, 6) is -0.166. The van der Waals surface area contributed by atoms with Crippen LogP contribution in [-0.4, -0.2) is 22.1 Å². The van der Waals surface area contributed by atoms with Crippen molar-refractivity contribution in [2.24, 2.45) is 0 Å². The lowest BCUT2D eigenvalue weighted by atomic mass is 10.2. The molecule has 0 bridgehead atoms. The zero-order valence-corrected chi connectivity index (χ0v) is 11.3. The van der Waals surface area contributed by atoms with Gasteiger partial charge in [-0.05, 0) is 53.6 Å². The Kier molecular flexibility index (Phi) is 3.69. The average molecular weight is 267 g/mol. The van der Waals surface area contributed by atoms with Crippen molar-refractivity contribution in [3.63, 3.8) is 0 Å². The van der Waals surface area contributed by atoms with Crippen LogP contribution >= 0.6 is 23.1 Å². The van der Waals surface area contributed by atoms with Gasteiger partial charge >= 0.3 is 0 Å². The second-order valence-electron chi connectivity index (χ2n) is 3.87. The summed E-state index contributed by atoms with van der Waals surface area (Å²) in [6.07, 6.45) is 2.56. The molecule has 1 saturated heterocycles. The molecule has 1 atom stereocenters. The zero-order valence-electron chi connectivity index (χ0n) is 9.67. The second kappa shape index (κ2) is 5.06. The van der Waals surface area contributed by atoms with E-state index in [2.05, 4.69) is 0 Å². The molecular weight excluding hydrogens is 254 g/mol. The van der Waals surface area contributed by atoms with Gasteiger partial charge in [0.15, 0.2) is 0 Å². The smallest absolute Gasteiger partial charge is 0.268 e. The molecule has 0 saturated carbocycles. The number of nitrogens with zero attached hydrogens (tertiary/aromatic N) is 1. The molecular formula is C12H13NO2S2. The number of thioether (sulfide) groups is 1. The van der Waals surface area contributed by atoms with Crippen LogP contribution in [0.5, 0.6) is 0 Å². The van der Waals surface area contributed by atoms with Crippen molar-refractivity contribution < 1.29 is 9.59 Å². The molecule has 2 heterocycles. The number of thiophene rings is 1. The summed E-state index contributed by atoms with van der Waals surface area (Å²) in [7, 11) is 0. The van der Waals surface area contributed by atoms with Crippen LogP contribution in [-0.2, 0) is 4.79 Å². The van der Waals surface area contributed by atoms with Crippen LogP contribution in [0.2, 0.25) is 0 Å². The Balaban J connectivity index is 2.24. The number of hydrogen-bond acceptors (Lipinski definition) is 4.